The molecule has 43 heavy (non-hydrogen) atoms. The molecule has 1 aliphatic rings. The normalized spacial score (nSPS) is 15.0. The van der Waals surface area contributed by atoms with Crippen LogP contribution in [-0.4, -0.2) is 63.9 Å². The SMILES string of the molecule is CCn1cnc2sc(C(=O)N3CCN(CC(C)C)CCCN(C(=O)Cc4ccccc4)c4ccccc4C3)c(C)c2c1=O. The highest BCUT2D eigenvalue weighted by atomic mass is 32.1. The lowest BCUT2D eigenvalue weighted by atomic mass is 10.1. The summed E-state index contributed by atoms with van der Waals surface area (Å²) < 4.78 is 1.57. The molecule has 8 nitrogen and oxygen atoms in total. The summed E-state index contributed by atoms with van der Waals surface area (Å²) >= 11 is 1.29. The van der Waals surface area contributed by atoms with Gasteiger partial charge < -0.3 is 14.7 Å². The number of nitrogens with zero attached hydrogens (tertiary/aromatic N) is 5. The fraction of sp³-hybridized carbons (Fsp3) is 0.412. The molecule has 1 aliphatic heterocycles. The summed E-state index contributed by atoms with van der Waals surface area (Å²) in [6.07, 6.45) is 2.71. The summed E-state index contributed by atoms with van der Waals surface area (Å²) in [5, 5.41) is 0.523. The number of carbonyl (C=O) groups is 2. The van der Waals surface area contributed by atoms with Gasteiger partial charge in [-0.2, -0.15) is 0 Å². The molecule has 2 aromatic heterocycles. The summed E-state index contributed by atoms with van der Waals surface area (Å²) in [5.41, 5.74) is 3.33. The van der Waals surface area contributed by atoms with E-state index in [1.165, 1.54) is 11.3 Å². The molecule has 3 heterocycles. The van der Waals surface area contributed by atoms with Gasteiger partial charge in [0.1, 0.15) is 4.83 Å². The molecule has 2 amide bonds. The zero-order valence-electron chi connectivity index (χ0n) is 25.6. The summed E-state index contributed by atoms with van der Waals surface area (Å²) in [6, 6.07) is 17.8. The van der Waals surface area contributed by atoms with E-state index in [9.17, 15) is 14.4 Å². The van der Waals surface area contributed by atoms with Crippen LogP contribution in [0.4, 0.5) is 5.69 Å². The molecule has 0 spiro atoms. The van der Waals surface area contributed by atoms with Crippen molar-refractivity contribution in [3.63, 3.8) is 0 Å². The van der Waals surface area contributed by atoms with Gasteiger partial charge in [-0.05, 0) is 55.5 Å². The van der Waals surface area contributed by atoms with Crippen molar-refractivity contribution in [2.24, 2.45) is 5.92 Å². The molecule has 0 aliphatic carbocycles. The molecule has 0 bridgehead atoms. The number of amides is 2. The number of aromatic nitrogens is 2. The highest BCUT2D eigenvalue weighted by Gasteiger charge is 2.27. The third-order valence-corrected chi connectivity index (χ3v) is 9.24. The van der Waals surface area contributed by atoms with E-state index in [-0.39, 0.29) is 17.4 Å². The Labute approximate surface area is 257 Å². The summed E-state index contributed by atoms with van der Waals surface area (Å²) in [6.45, 7) is 12.7. The van der Waals surface area contributed by atoms with Gasteiger partial charge in [0, 0.05) is 45.0 Å². The Bertz CT molecular complexity index is 1650. The van der Waals surface area contributed by atoms with Crippen LogP contribution in [0.15, 0.2) is 65.7 Å². The monoisotopic (exact) mass is 599 g/mol. The van der Waals surface area contributed by atoms with E-state index in [0.717, 1.165) is 42.9 Å². The lowest BCUT2D eigenvalue weighted by Gasteiger charge is -2.28. The largest absolute Gasteiger partial charge is 0.332 e. The zero-order valence-corrected chi connectivity index (χ0v) is 26.4. The number of fused-ring (bicyclic) bond motifs is 2. The van der Waals surface area contributed by atoms with E-state index in [4.69, 9.17) is 0 Å². The Kier molecular flexibility index (Phi) is 9.72. The molecule has 0 fully saturated rings. The summed E-state index contributed by atoms with van der Waals surface area (Å²) in [4.78, 5) is 53.0. The predicted octanol–water partition coefficient (Wildman–Crippen LogP) is 5.37. The number of hydrogen-bond acceptors (Lipinski definition) is 6. The molecule has 4 aromatic rings. The predicted molar refractivity (Wildman–Crippen MR) is 174 cm³/mol. The van der Waals surface area contributed by atoms with Crippen molar-refractivity contribution in [3.8, 4) is 0 Å². The van der Waals surface area contributed by atoms with E-state index in [1.807, 2.05) is 78.2 Å². The van der Waals surface area contributed by atoms with Crippen molar-refractivity contribution in [1.82, 2.24) is 19.4 Å². The van der Waals surface area contributed by atoms with E-state index in [1.54, 1.807) is 10.9 Å². The molecule has 0 saturated carbocycles. The number of carbonyl (C=O) groups excluding carboxylic acids is 2. The van der Waals surface area contributed by atoms with Crippen molar-refractivity contribution in [2.75, 3.05) is 37.6 Å². The third-order valence-electron chi connectivity index (χ3n) is 8.05. The van der Waals surface area contributed by atoms with Gasteiger partial charge in [-0.25, -0.2) is 4.98 Å². The maximum Gasteiger partial charge on any atom is 0.264 e. The van der Waals surface area contributed by atoms with Gasteiger partial charge in [0.15, 0.2) is 0 Å². The molecule has 2 aromatic carbocycles. The number of para-hydroxylation sites is 1. The van der Waals surface area contributed by atoms with Gasteiger partial charge in [-0.15, -0.1) is 11.3 Å². The number of aryl methyl sites for hydroxylation is 2. The van der Waals surface area contributed by atoms with Crippen molar-refractivity contribution >= 4 is 39.1 Å². The lowest BCUT2D eigenvalue weighted by Crippen LogP contribution is -2.40. The molecule has 226 valence electrons. The smallest absolute Gasteiger partial charge is 0.264 e. The molecule has 5 rings (SSSR count). The fourth-order valence-corrected chi connectivity index (χ4v) is 6.98. The van der Waals surface area contributed by atoms with Gasteiger partial charge in [-0.3, -0.25) is 19.0 Å². The van der Waals surface area contributed by atoms with E-state index >= 15 is 0 Å². The molecular formula is C34H41N5O3S. The molecular weight excluding hydrogens is 558 g/mol. The highest BCUT2D eigenvalue weighted by Crippen LogP contribution is 2.30. The van der Waals surface area contributed by atoms with E-state index in [0.29, 0.717) is 59.2 Å². The maximum atomic E-state index is 14.3. The summed E-state index contributed by atoms with van der Waals surface area (Å²) in [5.74, 6) is 0.410. The first-order chi connectivity index (χ1) is 20.8. The Morgan fingerprint density at radius 3 is 2.47 bits per heavy atom. The molecule has 0 unspecified atom stereocenters. The van der Waals surface area contributed by atoms with Crippen molar-refractivity contribution < 1.29 is 9.59 Å². The van der Waals surface area contributed by atoms with Crippen LogP contribution in [0.2, 0.25) is 0 Å². The Morgan fingerprint density at radius 2 is 1.72 bits per heavy atom. The van der Waals surface area contributed by atoms with Gasteiger partial charge >= 0.3 is 0 Å². The van der Waals surface area contributed by atoms with Crippen molar-refractivity contribution in [1.29, 1.82) is 0 Å². The van der Waals surface area contributed by atoms with Crippen LogP contribution in [0.5, 0.6) is 0 Å². The third kappa shape index (κ3) is 6.89. The number of anilines is 1. The minimum absolute atomic E-state index is 0.0461. The van der Waals surface area contributed by atoms with Crippen LogP contribution in [0.25, 0.3) is 10.2 Å². The summed E-state index contributed by atoms with van der Waals surface area (Å²) in [7, 11) is 0. The first-order valence-corrected chi connectivity index (χ1v) is 16.0. The second kappa shape index (κ2) is 13.7. The first kappa shape index (κ1) is 30.6. The average Bonchev–Trinajstić information content (AvgIpc) is 3.32. The molecule has 0 N–H and O–H groups in total. The minimum Gasteiger partial charge on any atom is -0.332 e. The molecule has 9 heteroatoms. The average molecular weight is 600 g/mol. The van der Waals surface area contributed by atoms with Gasteiger partial charge in [0.05, 0.1) is 23.0 Å². The minimum atomic E-state index is -0.112. The topological polar surface area (TPSA) is 78.8 Å². The maximum absolute atomic E-state index is 14.3. The van der Waals surface area contributed by atoms with Crippen LogP contribution >= 0.6 is 11.3 Å². The van der Waals surface area contributed by atoms with Gasteiger partial charge in [0.25, 0.3) is 11.5 Å². The Hall–Kier alpha value is -3.82. The highest BCUT2D eigenvalue weighted by molar-refractivity contribution is 7.20. The van der Waals surface area contributed by atoms with Crippen LogP contribution in [-0.2, 0) is 24.3 Å². The second-order valence-corrected chi connectivity index (χ2v) is 12.7. The fourth-order valence-electron chi connectivity index (χ4n) is 5.87. The van der Waals surface area contributed by atoms with Gasteiger partial charge in [0.2, 0.25) is 5.91 Å². The lowest BCUT2D eigenvalue weighted by molar-refractivity contribution is -0.118. The van der Waals surface area contributed by atoms with Crippen LogP contribution in [0.3, 0.4) is 0 Å². The van der Waals surface area contributed by atoms with Crippen LogP contribution in [0, 0.1) is 12.8 Å². The number of hydrogen-bond donors (Lipinski definition) is 0. The Balaban J connectivity index is 1.53. The zero-order chi connectivity index (χ0) is 30.5. The van der Waals surface area contributed by atoms with Crippen LogP contribution < -0.4 is 10.5 Å². The number of thiophene rings is 1. The van der Waals surface area contributed by atoms with Gasteiger partial charge in [-0.1, -0.05) is 62.4 Å². The quantitative estimate of drug-likeness (QED) is 0.298. The number of rotatable bonds is 6. The molecule has 0 saturated heterocycles. The first-order valence-electron chi connectivity index (χ1n) is 15.2. The Morgan fingerprint density at radius 1 is 0.977 bits per heavy atom. The van der Waals surface area contributed by atoms with E-state index in [2.05, 4.69) is 23.7 Å². The van der Waals surface area contributed by atoms with E-state index < -0.39 is 0 Å². The van der Waals surface area contributed by atoms with Crippen molar-refractivity contribution in [3.05, 3.63) is 92.8 Å². The van der Waals surface area contributed by atoms with Crippen molar-refractivity contribution in [2.45, 2.75) is 53.6 Å². The standard InChI is InChI=1S/C34H41N5O3S/c1-5-37-23-35-32-30(33(37)41)25(4)31(43-32)34(42)38-19-18-36(21-24(2)3)16-11-17-39(28-15-10-9-14-27(28)22-38)29(40)20-26-12-7-6-8-13-26/h6-10,12-15,23-24H,5,11,16-22H2,1-4H3. The van der Waals surface area contributed by atoms with Crippen LogP contribution in [0.1, 0.15) is 53.6 Å². The molecule has 0 radical (unpaired) electrons. The molecule has 0 atom stereocenters. The number of benzene rings is 2. The second-order valence-electron chi connectivity index (χ2n) is 11.7.